The van der Waals surface area contributed by atoms with E-state index in [-0.39, 0.29) is 6.03 Å². The molecular formula is C15H13N3O. The Hall–Kier alpha value is -2.80. The molecule has 0 saturated heterocycles. The molecule has 0 unspecified atom stereocenters. The van der Waals surface area contributed by atoms with Crippen molar-refractivity contribution < 1.29 is 4.79 Å². The lowest BCUT2D eigenvalue weighted by Gasteiger charge is -2.10. The van der Waals surface area contributed by atoms with Crippen LogP contribution in [-0.4, -0.2) is 6.03 Å². The van der Waals surface area contributed by atoms with Crippen LogP contribution in [0.1, 0.15) is 11.1 Å². The second-order valence-corrected chi connectivity index (χ2v) is 4.09. The second-order valence-electron chi connectivity index (χ2n) is 4.09. The maximum atomic E-state index is 11.8. The lowest BCUT2D eigenvalue weighted by molar-refractivity contribution is 0.262. The summed E-state index contributed by atoms with van der Waals surface area (Å²) in [5.41, 5.74) is 2.77. The molecule has 0 aliphatic rings. The number of nitriles is 1. The molecule has 0 heterocycles. The summed E-state index contributed by atoms with van der Waals surface area (Å²) in [5.74, 6) is 0. The summed E-state index contributed by atoms with van der Waals surface area (Å²) in [6, 6.07) is 16.1. The Balaban J connectivity index is 2.09. The number of amides is 2. The molecule has 0 aliphatic carbocycles. The van der Waals surface area contributed by atoms with Crippen molar-refractivity contribution in [1.82, 2.24) is 0 Å². The topological polar surface area (TPSA) is 64.9 Å². The van der Waals surface area contributed by atoms with Crippen molar-refractivity contribution in [3.05, 3.63) is 59.7 Å². The summed E-state index contributed by atoms with van der Waals surface area (Å²) >= 11 is 0. The zero-order valence-corrected chi connectivity index (χ0v) is 10.5. The molecule has 0 aromatic heterocycles. The third-order valence-corrected chi connectivity index (χ3v) is 2.65. The van der Waals surface area contributed by atoms with Crippen molar-refractivity contribution in [3.63, 3.8) is 0 Å². The summed E-state index contributed by atoms with van der Waals surface area (Å²) < 4.78 is 0. The van der Waals surface area contributed by atoms with Gasteiger partial charge in [-0.1, -0.05) is 24.3 Å². The number of aryl methyl sites for hydroxylation is 1. The van der Waals surface area contributed by atoms with E-state index in [2.05, 4.69) is 10.6 Å². The number of rotatable bonds is 2. The molecule has 19 heavy (non-hydrogen) atoms. The number of nitrogens with one attached hydrogen (secondary N) is 2. The molecule has 0 radical (unpaired) electrons. The zero-order valence-electron chi connectivity index (χ0n) is 10.5. The summed E-state index contributed by atoms with van der Waals surface area (Å²) in [6.07, 6.45) is 0. The number of anilines is 2. The van der Waals surface area contributed by atoms with Crippen molar-refractivity contribution in [1.29, 1.82) is 5.26 Å². The standard InChI is InChI=1S/C15H13N3O/c1-11-7-8-12(10-16)9-14(11)18-15(19)17-13-5-3-2-4-6-13/h2-9H,1H3,(H2,17,18,19). The minimum atomic E-state index is -0.329. The van der Waals surface area contributed by atoms with E-state index >= 15 is 0 Å². The van der Waals surface area contributed by atoms with Crippen LogP contribution in [-0.2, 0) is 0 Å². The predicted molar refractivity (Wildman–Crippen MR) is 75.0 cm³/mol. The first kappa shape index (κ1) is 12.7. The van der Waals surface area contributed by atoms with E-state index in [1.165, 1.54) is 0 Å². The Morgan fingerprint density at radius 1 is 1.11 bits per heavy atom. The highest BCUT2D eigenvalue weighted by Gasteiger charge is 2.05. The highest BCUT2D eigenvalue weighted by Crippen LogP contribution is 2.17. The fourth-order valence-electron chi connectivity index (χ4n) is 1.63. The van der Waals surface area contributed by atoms with Gasteiger partial charge in [0.1, 0.15) is 0 Å². The van der Waals surface area contributed by atoms with Gasteiger partial charge in [-0.15, -0.1) is 0 Å². The highest BCUT2D eigenvalue weighted by atomic mass is 16.2. The normalized spacial score (nSPS) is 9.47. The lowest BCUT2D eigenvalue weighted by atomic mass is 10.1. The highest BCUT2D eigenvalue weighted by molar-refractivity contribution is 6.00. The Labute approximate surface area is 111 Å². The van der Waals surface area contributed by atoms with Crippen LogP contribution in [0.3, 0.4) is 0 Å². The first-order chi connectivity index (χ1) is 9.19. The van der Waals surface area contributed by atoms with E-state index < -0.39 is 0 Å². The van der Waals surface area contributed by atoms with Crippen LogP contribution in [0.2, 0.25) is 0 Å². The van der Waals surface area contributed by atoms with Gasteiger partial charge in [-0.05, 0) is 36.8 Å². The summed E-state index contributed by atoms with van der Waals surface area (Å²) in [7, 11) is 0. The molecule has 2 amide bonds. The second kappa shape index (κ2) is 5.69. The van der Waals surface area contributed by atoms with Gasteiger partial charge in [-0.3, -0.25) is 0 Å². The van der Waals surface area contributed by atoms with Crippen molar-refractivity contribution in [2.75, 3.05) is 10.6 Å². The number of carbonyl (C=O) groups excluding carboxylic acids is 1. The van der Waals surface area contributed by atoms with Gasteiger partial charge in [0.15, 0.2) is 0 Å². The van der Waals surface area contributed by atoms with E-state index in [1.807, 2.05) is 31.2 Å². The predicted octanol–water partition coefficient (Wildman–Crippen LogP) is 3.51. The Bertz CT molecular complexity index is 630. The van der Waals surface area contributed by atoms with Crippen LogP contribution >= 0.6 is 0 Å². The Morgan fingerprint density at radius 3 is 2.53 bits per heavy atom. The van der Waals surface area contributed by atoms with Gasteiger partial charge >= 0.3 is 6.03 Å². The maximum absolute atomic E-state index is 11.8. The van der Waals surface area contributed by atoms with Crippen LogP contribution in [0.25, 0.3) is 0 Å². The Kier molecular flexibility index (Phi) is 3.79. The molecule has 0 aliphatic heterocycles. The van der Waals surface area contributed by atoms with Gasteiger partial charge in [0.05, 0.1) is 11.6 Å². The van der Waals surface area contributed by atoms with Crippen LogP contribution in [0.15, 0.2) is 48.5 Å². The van der Waals surface area contributed by atoms with Crippen molar-refractivity contribution in [2.45, 2.75) is 6.92 Å². The van der Waals surface area contributed by atoms with E-state index in [0.29, 0.717) is 16.9 Å². The summed E-state index contributed by atoms with van der Waals surface area (Å²) in [6.45, 7) is 1.87. The lowest BCUT2D eigenvalue weighted by Crippen LogP contribution is -2.19. The number of nitrogens with zero attached hydrogens (tertiary/aromatic N) is 1. The number of carbonyl (C=O) groups is 1. The average molecular weight is 251 g/mol. The quantitative estimate of drug-likeness (QED) is 0.857. The van der Waals surface area contributed by atoms with Crippen LogP contribution in [0, 0.1) is 18.3 Å². The first-order valence-corrected chi connectivity index (χ1v) is 5.83. The molecule has 2 N–H and O–H groups in total. The molecule has 4 nitrogen and oxygen atoms in total. The fourth-order valence-corrected chi connectivity index (χ4v) is 1.63. The van der Waals surface area contributed by atoms with Gasteiger partial charge in [0.25, 0.3) is 0 Å². The van der Waals surface area contributed by atoms with Crippen molar-refractivity contribution in [2.24, 2.45) is 0 Å². The summed E-state index contributed by atoms with van der Waals surface area (Å²) in [5, 5.41) is 14.3. The number of benzene rings is 2. The molecule has 2 aromatic carbocycles. The molecule has 2 rings (SSSR count). The van der Waals surface area contributed by atoms with E-state index in [9.17, 15) is 4.79 Å². The van der Waals surface area contributed by atoms with Gasteiger partial charge < -0.3 is 10.6 Å². The van der Waals surface area contributed by atoms with Gasteiger partial charge in [-0.2, -0.15) is 5.26 Å². The zero-order chi connectivity index (χ0) is 13.7. The van der Waals surface area contributed by atoms with Gasteiger partial charge in [-0.25, -0.2) is 4.79 Å². The molecule has 94 valence electrons. The number of urea groups is 1. The number of para-hydroxylation sites is 1. The molecule has 0 fully saturated rings. The third kappa shape index (κ3) is 3.33. The van der Waals surface area contributed by atoms with Crippen LogP contribution in [0.4, 0.5) is 16.2 Å². The smallest absolute Gasteiger partial charge is 0.308 e. The number of hydrogen-bond donors (Lipinski definition) is 2. The molecule has 0 spiro atoms. The van der Waals surface area contributed by atoms with E-state index in [4.69, 9.17) is 5.26 Å². The van der Waals surface area contributed by atoms with Crippen LogP contribution < -0.4 is 10.6 Å². The first-order valence-electron chi connectivity index (χ1n) is 5.83. The molecule has 2 aromatic rings. The minimum Gasteiger partial charge on any atom is -0.308 e. The van der Waals surface area contributed by atoms with Gasteiger partial charge in [0, 0.05) is 11.4 Å². The average Bonchev–Trinajstić information content (AvgIpc) is 2.42. The Morgan fingerprint density at radius 2 is 1.84 bits per heavy atom. The maximum Gasteiger partial charge on any atom is 0.323 e. The number of hydrogen-bond acceptors (Lipinski definition) is 2. The molecule has 4 heteroatoms. The molecular weight excluding hydrogens is 238 g/mol. The largest absolute Gasteiger partial charge is 0.323 e. The molecule has 0 saturated carbocycles. The van der Waals surface area contributed by atoms with E-state index in [1.54, 1.807) is 30.3 Å². The van der Waals surface area contributed by atoms with Gasteiger partial charge in [0.2, 0.25) is 0 Å². The fraction of sp³-hybridized carbons (Fsp3) is 0.0667. The van der Waals surface area contributed by atoms with Crippen molar-refractivity contribution >= 4 is 17.4 Å². The minimum absolute atomic E-state index is 0.329. The monoisotopic (exact) mass is 251 g/mol. The van der Waals surface area contributed by atoms with Crippen molar-refractivity contribution in [3.8, 4) is 6.07 Å². The summed E-state index contributed by atoms with van der Waals surface area (Å²) in [4.78, 5) is 11.8. The molecule has 0 atom stereocenters. The SMILES string of the molecule is Cc1ccc(C#N)cc1NC(=O)Nc1ccccc1. The van der Waals surface area contributed by atoms with Crippen LogP contribution in [0.5, 0.6) is 0 Å². The molecule has 0 bridgehead atoms. The third-order valence-electron chi connectivity index (χ3n) is 2.65. The van der Waals surface area contributed by atoms with E-state index in [0.717, 1.165) is 5.56 Å².